The van der Waals surface area contributed by atoms with Crippen molar-refractivity contribution in [1.29, 1.82) is 0 Å². The van der Waals surface area contributed by atoms with Crippen molar-refractivity contribution >= 4 is 0 Å². The number of hydrogen-bond acceptors (Lipinski definition) is 1. The van der Waals surface area contributed by atoms with E-state index in [1.807, 2.05) is 6.08 Å². The molecule has 2 rings (SSSR count). The lowest BCUT2D eigenvalue weighted by Gasteiger charge is -2.35. The summed E-state index contributed by atoms with van der Waals surface area (Å²) < 4.78 is 75.0. The molecule has 1 N–H and O–H groups in total. The molecule has 1 saturated carbocycles. The molecule has 3 atom stereocenters. The Morgan fingerprint density at radius 1 is 0.944 bits per heavy atom. The van der Waals surface area contributed by atoms with Gasteiger partial charge in [0.2, 0.25) is 0 Å². The van der Waals surface area contributed by atoms with Crippen molar-refractivity contribution in [3.63, 3.8) is 0 Å². The summed E-state index contributed by atoms with van der Waals surface area (Å²) in [7, 11) is 0. The second-order valence-corrected chi connectivity index (χ2v) is 5.10. The summed E-state index contributed by atoms with van der Waals surface area (Å²) in [6.45, 7) is 0. The van der Waals surface area contributed by atoms with E-state index < -0.39 is 30.3 Å². The Kier molecular flexibility index (Phi) is 2.96. The van der Waals surface area contributed by atoms with E-state index in [1.54, 1.807) is 6.08 Å². The van der Waals surface area contributed by atoms with Gasteiger partial charge in [0, 0.05) is 0 Å². The Labute approximate surface area is 99.5 Å². The molecular weight excluding hydrogens is 262 g/mol. The fourth-order valence-corrected chi connectivity index (χ4v) is 2.90. The van der Waals surface area contributed by atoms with Crippen LogP contribution in [0.4, 0.5) is 26.3 Å². The maximum Gasteiger partial charge on any atom is 0.426 e. The van der Waals surface area contributed by atoms with Gasteiger partial charge in [-0.25, -0.2) is 0 Å². The van der Waals surface area contributed by atoms with Crippen LogP contribution in [0.3, 0.4) is 0 Å². The number of fused-ring (bicyclic) bond motifs is 2. The molecule has 18 heavy (non-hydrogen) atoms. The van der Waals surface area contributed by atoms with Gasteiger partial charge in [-0.1, -0.05) is 12.2 Å². The highest BCUT2D eigenvalue weighted by Crippen LogP contribution is 2.53. The van der Waals surface area contributed by atoms with Crippen LogP contribution in [0.25, 0.3) is 0 Å². The van der Waals surface area contributed by atoms with Crippen LogP contribution >= 0.6 is 0 Å². The fraction of sp³-hybridized carbons (Fsp3) is 0.818. The van der Waals surface area contributed by atoms with E-state index in [0.717, 1.165) is 0 Å². The molecule has 1 nitrogen and oxygen atoms in total. The van der Waals surface area contributed by atoms with Gasteiger partial charge in [-0.2, -0.15) is 26.3 Å². The smallest absolute Gasteiger partial charge is 0.374 e. The van der Waals surface area contributed by atoms with Crippen LogP contribution in [-0.4, -0.2) is 23.1 Å². The fourth-order valence-electron chi connectivity index (χ4n) is 2.90. The number of halogens is 6. The third-order valence-electron chi connectivity index (χ3n) is 3.91. The van der Waals surface area contributed by atoms with Gasteiger partial charge in [-0.05, 0) is 37.0 Å². The molecule has 0 saturated heterocycles. The molecule has 0 radical (unpaired) electrons. The highest BCUT2D eigenvalue weighted by molar-refractivity contribution is 5.12. The van der Waals surface area contributed by atoms with Crippen molar-refractivity contribution in [1.82, 2.24) is 0 Å². The predicted molar refractivity (Wildman–Crippen MR) is 50.5 cm³/mol. The molecule has 0 heterocycles. The first-order valence-electron chi connectivity index (χ1n) is 5.59. The zero-order chi connectivity index (χ0) is 13.8. The molecule has 0 spiro atoms. The van der Waals surface area contributed by atoms with Crippen molar-refractivity contribution in [2.24, 2.45) is 17.8 Å². The van der Waals surface area contributed by atoms with Gasteiger partial charge in [0.15, 0.2) is 0 Å². The topological polar surface area (TPSA) is 20.2 Å². The number of alkyl halides is 6. The second kappa shape index (κ2) is 3.88. The minimum atomic E-state index is -5.70. The zero-order valence-electron chi connectivity index (χ0n) is 9.22. The summed E-state index contributed by atoms with van der Waals surface area (Å²) in [6, 6.07) is 0. The van der Waals surface area contributed by atoms with Crippen LogP contribution in [0, 0.1) is 17.8 Å². The molecule has 7 heteroatoms. The number of allylic oxidation sites excluding steroid dienone is 2. The molecule has 0 aliphatic heterocycles. The first-order valence-corrected chi connectivity index (χ1v) is 5.59. The van der Waals surface area contributed by atoms with E-state index in [9.17, 15) is 26.3 Å². The van der Waals surface area contributed by atoms with Gasteiger partial charge in [-0.15, -0.1) is 0 Å². The van der Waals surface area contributed by atoms with Gasteiger partial charge in [0.05, 0.1) is 0 Å². The normalized spacial score (nSPS) is 32.3. The maximum atomic E-state index is 12.5. The predicted octanol–water partition coefficient (Wildman–Crippen LogP) is 3.44. The largest absolute Gasteiger partial charge is 0.426 e. The van der Waals surface area contributed by atoms with Gasteiger partial charge >= 0.3 is 12.4 Å². The average Bonchev–Trinajstić information content (AvgIpc) is 2.75. The van der Waals surface area contributed by atoms with Crippen molar-refractivity contribution in [2.75, 3.05) is 0 Å². The van der Waals surface area contributed by atoms with Crippen LogP contribution in [0.5, 0.6) is 0 Å². The average molecular weight is 274 g/mol. The second-order valence-electron chi connectivity index (χ2n) is 5.10. The lowest BCUT2D eigenvalue weighted by atomic mass is 9.82. The lowest BCUT2D eigenvalue weighted by molar-refractivity contribution is -0.373. The minimum Gasteiger partial charge on any atom is -0.374 e. The van der Waals surface area contributed by atoms with Gasteiger partial charge in [-0.3, -0.25) is 0 Å². The molecule has 0 aromatic rings. The third-order valence-corrected chi connectivity index (χ3v) is 3.91. The summed E-state index contributed by atoms with van der Waals surface area (Å²) in [5, 5.41) is 9.10. The first kappa shape index (κ1) is 13.7. The zero-order valence-corrected chi connectivity index (χ0v) is 9.22. The van der Waals surface area contributed by atoms with Crippen LogP contribution in [0.2, 0.25) is 0 Å². The molecule has 104 valence electrons. The van der Waals surface area contributed by atoms with E-state index in [0.29, 0.717) is 6.42 Å². The van der Waals surface area contributed by atoms with Crippen LogP contribution in [0.15, 0.2) is 12.2 Å². The van der Waals surface area contributed by atoms with E-state index in [1.165, 1.54) is 0 Å². The van der Waals surface area contributed by atoms with Crippen LogP contribution in [-0.2, 0) is 0 Å². The monoisotopic (exact) mass is 274 g/mol. The first-order chi connectivity index (χ1) is 8.04. The molecule has 0 aromatic heterocycles. The highest BCUT2D eigenvalue weighted by Gasteiger charge is 2.71. The summed E-state index contributed by atoms with van der Waals surface area (Å²) in [6.07, 6.45) is -8.33. The molecule has 2 unspecified atom stereocenters. The summed E-state index contributed by atoms with van der Waals surface area (Å²) in [5.41, 5.74) is -4.59. The molecular formula is C11H12F6O. The molecule has 2 bridgehead atoms. The number of hydrogen-bond donors (Lipinski definition) is 1. The Morgan fingerprint density at radius 2 is 1.50 bits per heavy atom. The van der Waals surface area contributed by atoms with Crippen LogP contribution < -0.4 is 0 Å². The van der Waals surface area contributed by atoms with Gasteiger partial charge in [0.25, 0.3) is 5.60 Å². The van der Waals surface area contributed by atoms with Crippen LogP contribution in [0.1, 0.15) is 19.3 Å². The Balaban J connectivity index is 2.19. The Hall–Kier alpha value is -0.720. The van der Waals surface area contributed by atoms with Crippen molar-refractivity contribution in [3.8, 4) is 0 Å². The van der Waals surface area contributed by atoms with E-state index in [4.69, 9.17) is 5.11 Å². The summed E-state index contributed by atoms with van der Waals surface area (Å²) in [4.78, 5) is 0. The summed E-state index contributed by atoms with van der Waals surface area (Å²) in [5.74, 6) is -0.967. The van der Waals surface area contributed by atoms with E-state index in [-0.39, 0.29) is 18.3 Å². The van der Waals surface area contributed by atoms with Crippen molar-refractivity contribution in [3.05, 3.63) is 12.2 Å². The highest BCUT2D eigenvalue weighted by atomic mass is 19.4. The minimum absolute atomic E-state index is 0.0608. The SMILES string of the molecule is OC(CC1CC2C=C[C@@H]1C2)(C(F)(F)F)C(F)(F)F. The molecule has 2 aliphatic rings. The quantitative estimate of drug-likeness (QED) is 0.604. The Morgan fingerprint density at radius 3 is 1.83 bits per heavy atom. The molecule has 1 fully saturated rings. The Bertz CT molecular complexity index is 342. The summed E-state index contributed by atoms with van der Waals surface area (Å²) >= 11 is 0. The maximum absolute atomic E-state index is 12.5. The standard InChI is InChI=1S/C11H12F6O/c12-10(13,14)9(18,11(15,16)17)5-8-4-6-1-2-7(8)3-6/h1-2,6-8,18H,3-5H2/t6?,7-,8?/m1/s1. The molecule has 0 amide bonds. The van der Waals surface area contributed by atoms with E-state index >= 15 is 0 Å². The van der Waals surface area contributed by atoms with Gasteiger partial charge in [0.1, 0.15) is 0 Å². The molecule has 2 aliphatic carbocycles. The van der Waals surface area contributed by atoms with Crippen molar-refractivity contribution < 1.29 is 31.4 Å². The van der Waals surface area contributed by atoms with E-state index in [2.05, 4.69) is 0 Å². The number of aliphatic hydroxyl groups is 1. The third kappa shape index (κ3) is 2.02. The van der Waals surface area contributed by atoms with Crippen molar-refractivity contribution in [2.45, 2.75) is 37.2 Å². The molecule has 0 aromatic carbocycles. The lowest BCUT2D eigenvalue weighted by Crippen LogP contribution is -2.58. The van der Waals surface area contributed by atoms with Gasteiger partial charge < -0.3 is 5.11 Å². The number of rotatable bonds is 2.